The van der Waals surface area contributed by atoms with Crippen LogP contribution in [-0.2, 0) is 0 Å². The Morgan fingerprint density at radius 3 is 1.46 bits per heavy atom. The summed E-state index contributed by atoms with van der Waals surface area (Å²) in [4.78, 5) is 4.90. The van der Waals surface area contributed by atoms with Crippen LogP contribution in [0.15, 0.2) is 185 Å². The molecular formula is C61H48N2O2. The van der Waals surface area contributed by atoms with E-state index < -0.39 is 0 Å². The van der Waals surface area contributed by atoms with E-state index >= 15 is 0 Å². The molecule has 0 amide bonds. The first kappa shape index (κ1) is 37.9. The summed E-state index contributed by atoms with van der Waals surface area (Å²) in [6, 6.07) is 61.5. The van der Waals surface area contributed by atoms with Crippen LogP contribution in [0, 0.1) is 6.92 Å². The summed E-state index contributed by atoms with van der Waals surface area (Å²) in [5.41, 5.74) is 15.3. The third-order valence-electron chi connectivity index (χ3n) is 14.8. The zero-order chi connectivity index (χ0) is 43.2. The minimum atomic E-state index is 0.466. The van der Waals surface area contributed by atoms with Crippen LogP contribution in [0.3, 0.4) is 0 Å². The van der Waals surface area contributed by atoms with Gasteiger partial charge in [-0.15, -0.1) is 0 Å². The average Bonchev–Trinajstić information content (AvgIpc) is 3.90. The first-order valence-corrected chi connectivity index (χ1v) is 23.3. The highest BCUT2D eigenvalue weighted by Gasteiger charge is 2.32. The molecule has 2 heterocycles. The topological polar surface area (TPSA) is 32.8 Å². The molecule has 0 aliphatic heterocycles. The Labute approximate surface area is 378 Å². The fourth-order valence-corrected chi connectivity index (χ4v) is 11.2. The Balaban J connectivity index is 1.16. The number of para-hydroxylation sites is 6. The Morgan fingerprint density at radius 1 is 0.446 bits per heavy atom. The molecule has 2 aliphatic rings. The highest BCUT2D eigenvalue weighted by molar-refractivity contribution is 6.21. The number of nitrogens with zero attached hydrogens (tertiary/aromatic N) is 2. The molecular weight excluding hydrogens is 793 g/mol. The van der Waals surface area contributed by atoms with Gasteiger partial charge in [-0.25, -0.2) is 0 Å². The summed E-state index contributed by atoms with van der Waals surface area (Å²) in [6.07, 6.45) is 9.36. The highest BCUT2D eigenvalue weighted by Crippen LogP contribution is 2.54. The third-order valence-corrected chi connectivity index (χ3v) is 14.8. The fraction of sp³-hybridized carbons (Fsp3) is 0.148. The van der Waals surface area contributed by atoms with Gasteiger partial charge in [-0.3, -0.25) is 0 Å². The molecule has 0 bridgehead atoms. The maximum absolute atomic E-state index is 6.83. The van der Waals surface area contributed by atoms with Gasteiger partial charge in [0.25, 0.3) is 0 Å². The number of rotatable bonds is 9. The molecule has 314 valence electrons. The van der Waals surface area contributed by atoms with Crippen molar-refractivity contribution in [2.45, 2.75) is 57.3 Å². The lowest BCUT2D eigenvalue weighted by molar-refractivity contribution is 0.419. The van der Waals surface area contributed by atoms with Gasteiger partial charge in [-0.2, -0.15) is 0 Å². The molecule has 0 unspecified atom stereocenters. The van der Waals surface area contributed by atoms with E-state index in [4.69, 9.17) is 8.83 Å². The summed E-state index contributed by atoms with van der Waals surface area (Å²) >= 11 is 0. The lowest BCUT2D eigenvalue weighted by Crippen LogP contribution is -2.16. The van der Waals surface area contributed by atoms with Gasteiger partial charge < -0.3 is 18.6 Å². The van der Waals surface area contributed by atoms with E-state index in [2.05, 4.69) is 199 Å². The molecule has 0 spiro atoms. The standard InChI is InChI=1S/C61H48N2O2/c1-3-43-54(62(41-22-6-4-7-23-41)52-30-16-28-47-44-26-10-12-32-56(44)64-60(47)52)37-51(40-20-15-21-40)46-34-35-49-55(36-50(39-18-14-19-39)38(2)58(49)59(43)46)63(42-24-8-5-9-25-42)53-31-17-29-48-45-27-11-13-33-57(45)65-61(48)53/h3-13,16-17,22-37,39-40H,1,14-15,18-21H2,2H3. The van der Waals surface area contributed by atoms with E-state index in [1.165, 1.54) is 76.8 Å². The van der Waals surface area contributed by atoms with Gasteiger partial charge in [0, 0.05) is 43.9 Å². The van der Waals surface area contributed by atoms with E-state index in [1.54, 1.807) is 0 Å². The molecule has 4 nitrogen and oxygen atoms in total. The fourth-order valence-electron chi connectivity index (χ4n) is 11.2. The Kier molecular flexibility index (Phi) is 8.77. The minimum absolute atomic E-state index is 0.466. The first-order valence-electron chi connectivity index (χ1n) is 23.3. The maximum atomic E-state index is 6.83. The molecule has 9 aromatic carbocycles. The van der Waals surface area contributed by atoms with E-state index in [-0.39, 0.29) is 0 Å². The summed E-state index contributed by atoms with van der Waals surface area (Å²) in [5, 5.41) is 9.56. The molecule has 0 radical (unpaired) electrons. The van der Waals surface area contributed by atoms with Gasteiger partial charge in [-0.05, 0) is 138 Å². The lowest BCUT2D eigenvalue weighted by Gasteiger charge is -2.35. The van der Waals surface area contributed by atoms with Crippen molar-refractivity contribution in [1.29, 1.82) is 0 Å². The first-order chi connectivity index (χ1) is 32.1. The van der Waals surface area contributed by atoms with Gasteiger partial charge in [0.15, 0.2) is 11.2 Å². The second-order valence-corrected chi connectivity index (χ2v) is 18.2. The van der Waals surface area contributed by atoms with E-state index in [1.807, 2.05) is 0 Å². The van der Waals surface area contributed by atoms with E-state index in [0.717, 1.165) is 83.6 Å². The SMILES string of the molecule is C=Cc1c(N(c2ccccc2)c2cccc3c2oc2ccccc23)cc(C2CCC2)c2ccc3c(N(c4ccccc4)c4cccc5c4oc4ccccc45)cc(C4CCC4)c(C)c3c12. The largest absolute Gasteiger partial charge is 0.454 e. The van der Waals surface area contributed by atoms with E-state index in [0.29, 0.717) is 11.8 Å². The van der Waals surface area contributed by atoms with Gasteiger partial charge in [0.05, 0.1) is 22.7 Å². The summed E-state index contributed by atoms with van der Waals surface area (Å²) in [6.45, 7) is 7.06. The minimum Gasteiger partial charge on any atom is -0.454 e. The quantitative estimate of drug-likeness (QED) is 0.136. The van der Waals surface area contributed by atoms with Crippen molar-refractivity contribution < 1.29 is 8.83 Å². The van der Waals surface area contributed by atoms with Crippen LogP contribution in [0.4, 0.5) is 34.1 Å². The summed E-state index contributed by atoms with van der Waals surface area (Å²) in [5.74, 6) is 0.953. The summed E-state index contributed by atoms with van der Waals surface area (Å²) in [7, 11) is 0. The summed E-state index contributed by atoms with van der Waals surface area (Å²) < 4.78 is 13.7. The number of furan rings is 2. The Bertz CT molecular complexity index is 3670. The van der Waals surface area contributed by atoms with Crippen molar-refractivity contribution in [3.05, 3.63) is 199 Å². The third kappa shape index (κ3) is 5.83. The zero-order valence-electron chi connectivity index (χ0n) is 36.6. The number of benzene rings is 9. The normalized spacial score (nSPS) is 14.4. The molecule has 0 saturated heterocycles. The van der Waals surface area contributed by atoms with Crippen molar-refractivity contribution >= 4 is 106 Å². The molecule has 2 saturated carbocycles. The second kappa shape index (κ2) is 15.0. The van der Waals surface area contributed by atoms with Crippen molar-refractivity contribution in [3.8, 4) is 0 Å². The van der Waals surface area contributed by atoms with Crippen LogP contribution in [0.5, 0.6) is 0 Å². The molecule has 65 heavy (non-hydrogen) atoms. The molecule has 11 aromatic rings. The van der Waals surface area contributed by atoms with Gasteiger partial charge in [0.1, 0.15) is 11.2 Å². The van der Waals surface area contributed by atoms with Crippen molar-refractivity contribution in [3.63, 3.8) is 0 Å². The molecule has 0 N–H and O–H groups in total. The number of hydrogen-bond donors (Lipinski definition) is 0. The second-order valence-electron chi connectivity index (χ2n) is 18.2. The molecule has 0 atom stereocenters. The van der Waals surface area contributed by atoms with Gasteiger partial charge >= 0.3 is 0 Å². The number of aryl methyl sites for hydroxylation is 1. The Hall–Kier alpha value is -7.56. The predicted molar refractivity (Wildman–Crippen MR) is 273 cm³/mol. The smallest absolute Gasteiger partial charge is 0.159 e. The van der Waals surface area contributed by atoms with Crippen LogP contribution in [0.1, 0.15) is 72.6 Å². The predicted octanol–water partition coefficient (Wildman–Crippen LogP) is 18.2. The average molecular weight is 841 g/mol. The Morgan fingerprint density at radius 2 is 0.923 bits per heavy atom. The van der Waals surface area contributed by atoms with Crippen LogP contribution >= 0.6 is 0 Å². The highest BCUT2D eigenvalue weighted by atomic mass is 16.3. The van der Waals surface area contributed by atoms with Crippen LogP contribution < -0.4 is 9.80 Å². The maximum Gasteiger partial charge on any atom is 0.159 e. The lowest BCUT2D eigenvalue weighted by atomic mass is 9.74. The molecule has 2 aliphatic carbocycles. The number of fused-ring (bicyclic) bond motifs is 9. The molecule has 2 fully saturated rings. The zero-order valence-corrected chi connectivity index (χ0v) is 36.6. The van der Waals surface area contributed by atoms with Gasteiger partial charge in [-0.1, -0.05) is 135 Å². The van der Waals surface area contributed by atoms with E-state index in [9.17, 15) is 0 Å². The van der Waals surface area contributed by atoms with Crippen molar-refractivity contribution in [2.75, 3.05) is 9.80 Å². The van der Waals surface area contributed by atoms with Crippen LogP contribution in [0.2, 0.25) is 0 Å². The molecule has 13 rings (SSSR count). The van der Waals surface area contributed by atoms with Crippen molar-refractivity contribution in [1.82, 2.24) is 0 Å². The monoisotopic (exact) mass is 840 g/mol. The van der Waals surface area contributed by atoms with Gasteiger partial charge in [0.2, 0.25) is 0 Å². The number of hydrogen-bond acceptors (Lipinski definition) is 4. The molecule has 4 heteroatoms. The van der Waals surface area contributed by atoms with Crippen LogP contribution in [-0.4, -0.2) is 0 Å². The number of anilines is 6. The molecule has 2 aromatic heterocycles. The van der Waals surface area contributed by atoms with Crippen LogP contribution in [0.25, 0.3) is 71.5 Å². The van der Waals surface area contributed by atoms with Crippen molar-refractivity contribution in [2.24, 2.45) is 0 Å².